The summed E-state index contributed by atoms with van der Waals surface area (Å²) in [6.45, 7) is 8.78. The summed E-state index contributed by atoms with van der Waals surface area (Å²) in [5.41, 5.74) is -0.227. The third-order valence-corrected chi connectivity index (χ3v) is 3.84. The number of hydrogen-bond acceptors (Lipinski definition) is 3. The molecule has 19 heavy (non-hydrogen) atoms. The van der Waals surface area contributed by atoms with Gasteiger partial charge in [-0.3, -0.25) is 0 Å². The topological polar surface area (TPSA) is 78.4 Å². The Labute approximate surface area is 117 Å². The number of aliphatic carboxylic acids is 1. The number of amides is 2. The molecule has 106 valence electrons. The standard InChI is InChI=1S/C13H20N2O3S/c1-7-6-10(9(3)19-7)8(2)14-12(18)15-13(4,5)11(16)17/h6,8H,1-5H3,(H,16,17)(H2,14,15,18). The molecule has 1 aromatic rings. The van der Waals surface area contributed by atoms with Gasteiger partial charge in [0.1, 0.15) is 5.54 Å². The van der Waals surface area contributed by atoms with E-state index in [-0.39, 0.29) is 6.04 Å². The number of carboxylic acids is 1. The summed E-state index contributed by atoms with van der Waals surface area (Å²) in [6, 6.07) is 1.39. The third kappa shape index (κ3) is 3.96. The zero-order chi connectivity index (χ0) is 14.8. The smallest absolute Gasteiger partial charge is 0.328 e. The maximum atomic E-state index is 11.8. The fourth-order valence-corrected chi connectivity index (χ4v) is 2.75. The van der Waals surface area contributed by atoms with Crippen LogP contribution in [0, 0.1) is 13.8 Å². The number of nitrogens with one attached hydrogen (secondary N) is 2. The molecule has 1 unspecified atom stereocenters. The summed E-state index contributed by atoms with van der Waals surface area (Å²) in [7, 11) is 0. The van der Waals surface area contributed by atoms with Crippen LogP contribution in [0.4, 0.5) is 4.79 Å². The largest absolute Gasteiger partial charge is 0.480 e. The number of aryl methyl sites for hydroxylation is 2. The van der Waals surface area contributed by atoms with Gasteiger partial charge in [0.05, 0.1) is 6.04 Å². The highest BCUT2D eigenvalue weighted by molar-refractivity contribution is 7.12. The predicted molar refractivity (Wildman–Crippen MR) is 75.6 cm³/mol. The van der Waals surface area contributed by atoms with Gasteiger partial charge in [-0.15, -0.1) is 11.3 Å². The van der Waals surface area contributed by atoms with Gasteiger partial charge in [-0.25, -0.2) is 9.59 Å². The van der Waals surface area contributed by atoms with Crippen LogP contribution in [0.1, 0.15) is 42.1 Å². The Bertz CT molecular complexity index is 494. The van der Waals surface area contributed by atoms with Gasteiger partial charge in [0, 0.05) is 9.75 Å². The first-order chi connectivity index (χ1) is 8.63. The molecule has 0 saturated heterocycles. The van der Waals surface area contributed by atoms with Gasteiger partial charge >= 0.3 is 12.0 Å². The van der Waals surface area contributed by atoms with Gasteiger partial charge in [0.15, 0.2) is 0 Å². The summed E-state index contributed by atoms with van der Waals surface area (Å²) in [5.74, 6) is -1.07. The average Bonchev–Trinajstić information content (AvgIpc) is 2.56. The predicted octanol–water partition coefficient (Wildman–Crippen LogP) is 2.59. The maximum absolute atomic E-state index is 11.8. The lowest BCUT2D eigenvalue weighted by molar-refractivity contribution is -0.142. The number of urea groups is 1. The molecule has 0 radical (unpaired) electrons. The first-order valence-corrected chi connectivity index (χ1v) is 6.84. The molecule has 3 N–H and O–H groups in total. The maximum Gasteiger partial charge on any atom is 0.328 e. The quantitative estimate of drug-likeness (QED) is 0.795. The van der Waals surface area contributed by atoms with Crippen LogP contribution in [0.15, 0.2) is 6.07 Å². The van der Waals surface area contributed by atoms with E-state index in [0.717, 1.165) is 10.4 Å². The molecule has 0 fully saturated rings. The molecule has 1 atom stereocenters. The number of thiophene rings is 1. The Morgan fingerprint density at radius 3 is 2.37 bits per heavy atom. The number of carboxylic acid groups (broad SMARTS) is 1. The highest BCUT2D eigenvalue weighted by Gasteiger charge is 2.29. The van der Waals surface area contributed by atoms with Crippen molar-refractivity contribution in [2.75, 3.05) is 0 Å². The molecule has 0 aliphatic rings. The van der Waals surface area contributed by atoms with Crippen molar-refractivity contribution in [3.8, 4) is 0 Å². The van der Waals surface area contributed by atoms with Crippen LogP contribution >= 0.6 is 11.3 Å². The second-order valence-corrected chi connectivity index (χ2v) is 6.58. The van der Waals surface area contributed by atoms with Gasteiger partial charge in [0.25, 0.3) is 0 Å². The Kier molecular flexibility index (Phi) is 4.57. The molecule has 5 nitrogen and oxygen atoms in total. The summed E-state index contributed by atoms with van der Waals surface area (Å²) in [6.07, 6.45) is 0. The van der Waals surface area contributed by atoms with Crippen molar-refractivity contribution in [3.63, 3.8) is 0 Å². The van der Waals surface area contributed by atoms with Crippen molar-refractivity contribution in [2.45, 2.75) is 46.2 Å². The van der Waals surface area contributed by atoms with E-state index in [0.29, 0.717) is 0 Å². The normalized spacial score (nSPS) is 12.9. The zero-order valence-electron chi connectivity index (χ0n) is 11.8. The second kappa shape index (κ2) is 5.61. The van der Waals surface area contributed by atoms with Crippen LogP contribution in [0.5, 0.6) is 0 Å². The molecule has 0 spiro atoms. The van der Waals surface area contributed by atoms with E-state index >= 15 is 0 Å². The first kappa shape index (κ1) is 15.5. The molecular weight excluding hydrogens is 264 g/mol. The Morgan fingerprint density at radius 1 is 1.37 bits per heavy atom. The van der Waals surface area contributed by atoms with E-state index in [1.807, 2.05) is 26.8 Å². The van der Waals surface area contributed by atoms with Crippen LogP contribution in [0.2, 0.25) is 0 Å². The Balaban J connectivity index is 2.68. The Hall–Kier alpha value is -1.56. The molecule has 6 heteroatoms. The minimum atomic E-state index is -1.29. The zero-order valence-corrected chi connectivity index (χ0v) is 12.6. The highest BCUT2D eigenvalue weighted by atomic mass is 32.1. The SMILES string of the molecule is Cc1cc(C(C)NC(=O)NC(C)(C)C(=O)O)c(C)s1. The van der Waals surface area contributed by atoms with Gasteiger partial charge in [-0.05, 0) is 46.2 Å². The molecule has 1 aromatic heterocycles. The summed E-state index contributed by atoms with van der Waals surface area (Å²) < 4.78 is 0. The number of carbonyl (C=O) groups excluding carboxylic acids is 1. The lowest BCUT2D eigenvalue weighted by Crippen LogP contribution is -2.53. The van der Waals surface area contributed by atoms with Gasteiger partial charge in [-0.1, -0.05) is 0 Å². The van der Waals surface area contributed by atoms with Crippen LogP contribution in [-0.2, 0) is 4.79 Å². The fraction of sp³-hybridized carbons (Fsp3) is 0.538. The lowest BCUT2D eigenvalue weighted by Gasteiger charge is -2.23. The lowest BCUT2D eigenvalue weighted by atomic mass is 10.1. The minimum Gasteiger partial charge on any atom is -0.480 e. The third-order valence-electron chi connectivity index (χ3n) is 2.85. The molecular formula is C13H20N2O3S. The van der Waals surface area contributed by atoms with Gasteiger partial charge in [0.2, 0.25) is 0 Å². The number of carbonyl (C=O) groups is 2. The second-order valence-electron chi connectivity index (χ2n) is 5.12. The molecule has 0 aliphatic heterocycles. The van der Waals surface area contributed by atoms with E-state index in [2.05, 4.69) is 10.6 Å². The molecule has 2 amide bonds. The van der Waals surface area contributed by atoms with E-state index in [4.69, 9.17) is 5.11 Å². The van der Waals surface area contributed by atoms with E-state index in [9.17, 15) is 9.59 Å². The van der Waals surface area contributed by atoms with Crippen molar-refractivity contribution in [3.05, 3.63) is 21.4 Å². The van der Waals surface area contributed by atoms with Crippen molar-refractivity contribution in [2.24, 2.45) is 0 Å². The van der Waals surface area contributed by atoms with E-state index < -0.39 is 17.5 Å². The molecule has 0 saturated carbocycles. The fourth-order valence-electron chi connectivity index (χ4n) is 1.73. The van der Waals surface area contributed by atoms with E-state index in [1.165, 1.54) is 18.7 Å². The van der Waals surface area contributed by atoms with Crippen LogP contribution in [0.25, 0.3) is 0 Å². The average molecular weight is 284 g/mol. The molecule has 0 aromatic carbocycles. The van der Waals surface area contributed by atoms with Crippen LogP contribution in [0.3, 0.4) is 0 Å². The number of rotatable bonds is 4. The highest BCUT2D eigenvalue weighted by Crippen LogP contribution is 2.26. The molecule has 1 rings (SSSR count). The molecule has 1 heterocycles. The Morgan fingerprint density at radius 2 is 1.95 bits per heavy atom. The van der Waals surface area contributed by atoms with Crippen LogP contribution in [-0.4, -0.2) is 22.6 Å². The minimum absolute atomic E-state index is 0.158. The van der Waals surface area contributed by atoms with Crippen LogP contribution < -0.4 is 10.6 Å². The summed E-state index contributed by atoms with van der Waals surface area (Å²) in [5, 5.41) is 14.1. The molecule has 0 bridgehead atoms. The van der Waals surface area contributed by atoms with Crippen molar-refractivity contribution >= 4 is 23.3 Å². The van der Waals surface area contributed by atoms with Crippen molar-refractivity contribution < 1.29 is 14.7 Å². The van der Waals surface area contributed by atoms with Crippen molar-refractivity contribution in [1.82, 2.24) is 10.6 Å². The monoisotopic (exact) mass is 284 g/mol. The summed E-state index contributed by atoms with van der Waals surface area (Å²) >= 11 is 1.68. The first-order valence-electron chi connectivity index (χ1n) is 6.02. The van der Waals surface area contributed by atoms with Gasteiger partial charge in [-0.2, -0.15) is 0 Å². The molecule has 0 aliphatic carbocycles. The van der Waals surface area contributed by atoms with E-state index in [1.54, 1.807) is 11.3 Å². The van der Waals surface area contributed by atoms with Crippen molar-refractivity contribution in [1.29, 1.82) is 0 Å². The summed E-state index contributed by atoms with van der Waals surface area (Å²) in [4.78, 5) is 25.1. The van der Waals surface area contributed by atoms with Gasteiger partial charge < -0.3 is 15.7 Å². The number of hydrogen-bond donors (Lipinski definition) is 3.